The maximum absolute atomic E-state index is 12.0. The number of carbonyl (C=O) groups is 3. The van der Waals surface area contributed by atoms with Gasteiger partial charge in [0.2, 0.25) is 0 Å². The van der Waals surface area contributed by atoms with E-state index in [0.717, 1.165) is 0 Å². The predicted molar refractivity (Wildman–Crippen MR) is 74.1 cm³/mol. The minimum atomic E-state index is -1.07. The molecule has 0 aliphatic carbocycles. The highest BCUT2D eigenvalue weighted by Gasteiger charge is 2.18. The molecular weight excluding hydrogens is 266 g/mol. The molecule has 2 N–H and O–H groups in total. The fourth-order valence-corrected chi connectivity index (χ4v) is 1.86. The molecule has 0 heterocycles. The monoisotopic (exact) mass is 281 g/mol. The Balaban J connectivity index is 2.79. The highest BCUT2D eigenvalue weighted by atomic mass is 32.1. The Morgan fingerprint density at radius 1 is 1.26 bits per heavy atom. The summed E-state index contributed by atoms with van der Waals surface area (Å²) in [5, 5.41) is 11.4. The average molecular weight is 281 g/mol. The SMILES string of the molecule is CC(=O)c1ccccc1C(=O)CN[C@H](CS)C(=O)O. The van der Waals surface area contributed by atoms with Gasteiger partial charge in [0.25, 0.3) is 0 Å². The molecule has 0 spiro atoms. The van der Waals surface area contributed by atoms with Gasteiger partial charge in [-0.25, -0.2) is 0 Å². The maximum Gasteiger partial charge on any atom is 0.321 e. The Kier molecular flexibility index (Phi) is 5.72. The zero-order chi connectivity index (χ0) is 14.4. The van der Waals surface area contributed by atoms with Gasteiger partial charge < -0.3 is 5.11 Å². The summed E-state index contributed by atoms with van der Waals surface area (Å²) in [6, 6.07) is 5.57. The molecule has 0 aliphatic heterocycles. The van der Waals surface area contributed by atoms with Crippen LogP contribution in [0.1, 0.15) is 27.6 Å². The summed E-state index contributed by atoms with van der Waals surface area (Å²) in [4.78, 5) is 34.2. The predicted octanol–water partition coefficient (Wildman–Crippen LogP) is 1.04. The number of rotatable bonds is 7. The molecule has 0 saturated heterocycles. The van der Waals surface area contributed by atoms with Crippen LogP contribution in [-0.4, -0.2) is 41.0 Å². The van der Waals surface area contributed by atoms with Crippen LogP contribution in [-0.2, 0) is 4.79 Å². The Hall–Kier alpha value is -1.66. The third-order valence-corrected chi connectivity index (χ3v) is 2.96. The zero-order valence-electron chi connectivity index (χ0n) is 10.4. The number of hydrogen-bond acceptors (Lipinski definition) is 5. The number of carboxylic acid groups (broad SMARTS) is 1. The summed E-state index contributed by atoms with van der Waals surface area (Å²) in [6.07, 6.45) is 0. The van der Waals surface area contributed by atoms with Crippen LogP contribution >= 0.6 is 12.6 Å². The Bertz CT molecular complexity index is 501. The van der Waals surface area contributed by atoms with Gasteiger partial charge >= 0.3 is 5.97 Å². The van der Waals surface area contributed by atoms with Crippen LogP contribution in [0.25, 0.3) is 0 Å². The van der Waals surface area contributed by atoms with Crippen molar-refractivity contribution >= 4 is 30.2 Å². The molecule has 1 rings (SSSR count). The normalized spacial score (nSPS) is 11.9. The topological polar surface area (TPSA) is 83.5 Å². The van der Waals surface area contributed by atoms with Gasteiger partial charge in [-0.1, -0.05) is 24.3 Å². The van der Waals surface area contributed by atoms with E-state index in [1.165, 1.54) is 6.92 Å². The number of ketones is 2. The summed E-state index contributed by atoms with van der Waals surface area (Å²) in [6.45, 7) is 1.23. The summed E-state index contributed by atoms with van der Waals surface area (Å²) in [5.74, 6) is -1.51. The van der Waals surface area contributed by atoms with Crippen LogP contribution in [0.4, 0.5) is 0 Å². The lowest BCUT2D eigenvalue weighted by molar-refractivity contribution is -0.138. The number of hydrogen-bond donors (Lipinski definition) is 3. The first-order valence-electron chi connectivity index (χ1n) is 5.67. The van der Waals surface area contributed by atoms with Crippen molar-refractivity contribution in [2.75, 3.05) is 12.3 Å². The molecule has 1 aromatic carbocycles. The van der Waals surface area contributed by atoms with Crippen molar-refractivity contribution in [3.05, 3.63) is 35.4 Å². The van der Waals surface area contributed by atoms with Crippen LogP contribution in [0.5, 0.6) is 0 Å². The molecule has 0 aromatic heterocycles. The second-order valence-electron chi connectivity index (χ2n) is 3.98. The van der Waals surface area contributed by atoms with E-state index in [2.05, 4.69) is 17.9 Å². The van der Waals surface area contributed by atoms with E-state index >= 15 is 0 Å². The number of carbonyl (C=O) groups excluding carboxylic acids is 2. The van der Waals surface area contributed by atoms with Crippen molar-refractivity contribution < 1.29 is 19.5 Å². The van der Waals surface area contributed by atoms with Crippen molar-refractivity contribution in [3.63, 3.8) is 0 Å². The van der Waals surface area contributed by atoms with Gasteiger partial charge in [-0.15, -0.1) is 0 Å². The summed E-state index contributed by atoms with van der Waals surface area (Å²) in [7, 11) is 0. The molecule has 1 atom stereocenters. The maximum atomic E-state index is 12.0. The van der Waals surface area contributed by atoms with Crippen LogP contribution in [0, 0.1) is 0 Å². The molecule has 1 aromatic rings. The number of nitrogens with one attached hydrogen (secondary N) is 1. The number of thiol groups is 1. The second-order valence-corrected chi connectivity index (χ2v) is 4.34. The van der Waals surface area contributed by atoms with Crippen molar-refractivity contribution in [2.45, 2.75) is 13.0 Å². The molecule has 0 fully saturated rings. The molecule has 6 heteroatoms. The number of benzene rings is 1. The zero-order valence-corrected chi connectivity index (χ0v) is 11.3. The van der Waals surface area contributed by atoms with Crippen molar-refractivity contribution in [1.29, 1.82) is 0 Å². The molecule has 0 aliphatic rings. The Labute approximate surface area is 116 Å². The highest BCUT2D eigenvalue weighted by Crippen LogP contribution is 2.10. The lowest BCUT2D eigenvalue weighted by Gasteiger charge is -2.12. The lowest BCUT2D eigenvalue weighted by Crippen LogP contribution is -2.41. The molecular formula is C13H15NO4S. The molecule has 0 unspecified atom stereocenters. The van der Waals surface area contributed by atoms with Crippen LogP contribution in [0.15, 0.2) is 24.3 Å². The van der Waals surface area contributed by atoms with Crippen LogP contribution in [0.3, 0.4) is 0 Å². The van der Waals surface area contributed by atoms with E-state index < -0.39 is 12.0 Å². The summed E-state index contributed by atoms with van der Waals surface area (Å²) in [5.41, 5.74) is 0.637. The third kappa shape index (κ3) is 4.18. The molecule has 102 valence electrons. The van der Waals surface area contributed by atoms with E-state index in [1.807, 2.05) is 0 Å². The molecule has 5 nitrogen and oxygen atoms in total. The van der Waals surface area contributed by atoms with Crippen molar-refractivity contribution in [2.24, 2.45) is 0 Å². The van der Waals surface area contributed by atoms with Crippen LogP contribution < -0.4 is 5.32 Å². The molecule has 0 bridgehead atoms. The van der Waals surface area contributed by atoms with E-state index in [9.17, 15) is 14.4 Å². The smallest absolute Gasteiger partial charge is 0.321 e. The highest BCUT2D eigenvalue weighted by molar-refractivity contribution is 7.80. The third-order valence-electron chi connectivity index (χ3n) is 2.60. The number of Topliss-reactive ketones (excluding diaryl/α,β-unsaturated/α-hetero) is 2. The first kappa shape index (κ1) is 15.4. The Morgan fingerprint density at radius 3 is 2.32 bits per heavy atom. The minimum absolute atomic E-state index is 0.0803. The quantitative estimate of drug-likeness (QED) is 0.514. The average Bonchev–Trinajstić information content (AvgIpc) is 2.38. The first-order chi connectivity index (χ1) is 8.97. The van der Waals surface area contributed by atoms with Gasteiger partial charge in [0.05, 0.1) is 6.54 Å². The lowest BCUT2D eigenvalue weighted by atomic mass is 10.0. The van der Waals surface area contributed by atoms with E-state index in [4.69, 9.17) is 5.11 Å². The molecule has 0 saturated carbocycles. The molecule has 0 radical (unpaired) electrons. The molecule has 0 amide bonds. The number of aliphatic carboxylic acids is 1. The standard InChI is InChI=1S/C13H15NO4S/c1-8(15)9-4-2-3-5-10(9)12(16)6-14-11(7-19)13(17)18/h2-5,11,14,19H,6-7H2,1H3,(H,17,18)/t11-/m1/s1. The van der Waals surface area contributed by atoms with Gasteiger partial charge in [0, 0.05) is 16.9 Å². The van der Waals surface area contributed by atoms with Gasteiger partial charge in [-0.05, 0) is 6.92 Å². The van der Waals surface area contributed by atoms with E-state index in [-0.39, 0.29) is 23.9 Å². The fourth-order valence-electron chi connectivity index (χ4n) is 1.57. The summed E-state index contributed by atoms with van der Waals surface area (Å²) < 4.78 is 0. The molecule has 19 heavy (non-hydrogen) atoms. The second kappa shape index (κ2) is 7.06. The van der Waals surface area contributed by atoms with Gasteiger partial charge in [0.1, 0.15) is 6.04 Å². The van der Waals surface area contributed by atoms with Gasteiger partial charge in [0.15, 0.2) is 11.6 Å². The van der Waals surface area contributed by atoms with Crippen LogP contribution in [0.2, 0.25) is 0 Å². The van der Waals surface area contributed by atoms with Crippen molar-refractivity contribution in [1.82, 2.24) is 5.32 Å². The van der Waals surface area contributed by atoms with E-state index in [1.54, 1.807) is 24.3 Å². The first-order valence-corrected chi connectivity index (χ1v) is 6.30. The Morgan fingerprint density at radius 2 is 1.84 bits per heavy atom. The van der Waals surface area contributed by atoms with Crippen molar-refractivity contribution in [3.8, 4) is 0 Å². The minimum Gasteiger partial charge on any atom is -0.480 e. The van der Waals surface area contributed by atoms with Gasteiger partial charge in [-0.3, -0.25) is 19.7 Å². The van der Waals surface area contributed by atoms with Gasteiger partial charge in [-0.2, -0.15) is 12.6 Å². The number of carboxylic acids is 1. The largest absolute Gasteiger partial charge is 0.480 e. The summed E-state index contributed by atoms with van der Waals surface area (Å²) >= 11 is 3.89. The fraction of sp³-hybridized carbons (Fsp3) is 0.308. The van der Waals surface area contributed by atoms with E-state index in [0.29, 0.717) is 11.1 Å².